The Morgan fingerprint density at radius 1 is 1.11 bits per heavy atom. The summed E-state index contributed by atoms with van der Waals surface area (Å²) in [7, 11) is -7.23. The Bertz CT molecular complexity index is 154. The van der Waals surface area contributed by atoms with Gasteiger partial charge in [-0.25, -0.2) is 0 Å². The minimum absolute atomic E-state index is 0.708. The second kappa shape index (κ2) is 2.55. The Balaban J connectivity index is 4.07. The zero-order valence-corrected chi connectivity index (χ0v) is 7.02. The van der Waals surface area contributed by atoms with Gasteiger partial charge in [-0.15, -0.1) is 0 Å². The van der Waals surface area contributed by atoms with Gasteiger partial charge in [-0.3, -0.25) is 0 Å². The molecular formula is C3H8O4P2-2. The summed E-state index contributed by atoms with van der Waals surface area (Å²) in [5, 5.41) is 0. The van der Waals surface area contributed by atoms with Crippen molar-refractivity contribution in [1.29, 1.82) is 0 Å². The maximum absolute atomic E-state index is 10.3. The summed E-state index contributed by atoms with van der Waals surface area (Å²) in [6.07, 6.45) is 0. The molecule has 56 valence electrons. The van der Waals surface area contributed by atoms with E-state index >= 15 is 0 Å². The van der Waals surface area contributed by atoms with E-state index in [9.17, 15) is 18.9 Å². The van der Waals surface area contributed by atoms with E-state index in [0.717, 1.165) is 13.3 Å². The van der Waals surface area contributed by atoms with Crippen molar-refractivity contribution in [2.24, 2.45) is 0 Å². The zero-order valence-electron chi connectivity index (χ0n) is 5.23. The molecule has 0 aromatic heterocycles. The van der Waals surface area contributed by atoms with E-state index < -0.39 is 20.6 Å². The molecule has 6 heteroatoms. The predicted octanol–water partition coefficient (Wildman–Crippen LogP) is -0.520. The first-order chi connectivity index (χ1) is 3.71. The summed E-state index contributed by atoms with van der Waals surface area (Å²) >= 11 is 0. The molecule has 2 unspecified atom stereocenters. The van der Waals surface area contributed by atoms with Gasteiger partial charge in [-0.2, -0.15) is 0 Å². The van der Waals surface area contributed by atoms with Gasteiger partial charge in [-0.05, 0) is 13.3 Å². The number of hydrogen-bond acceptors (Lipinski definition) is 4. The summed E-state index contributed by atoms with van der Waals surface area (Å²) in [6.45, 7) is 1.84. The van der Waals surface area contributed by atoms with Gasteiger partial charge in [-0.1, -0.05) is 0 Å². The maximum atomic E-state index is 10.3. The van der Waals surface area contributed by atoms with Crippen molar-refractivity contribution in [3.63, 3.8) is 0 Å². The summed E-state index contributed by atoms with van der Waals surface area (Å²) in [4.78, 5) is 20.6. The molecule has 2 atom stereocenters. The molecule has 0 aromatic rings. The third-order valence-electron chi connectivity index (χ3n) is 0.514. The van der Waals surface area contributed by atoms with Gasteiger partial charge in [0.25, 0.3) is 0 Å². The highest BCUT2D eigenvalue weighted by Gasteiger charge is 2.05. The van der Waals surface area contributed by atoms with Gasteiger partial charge in [0.15, 0.2) is 0 Å². The molecule has 0 aliphatic rings. The van der Waals surface area contributed by atoms with Crippen molar-refractivity contribution >= 4 is 14.7 Å². The molecule has 0 rings (SSSR count). The van der Waals surface area contributed by atoms with Gasteiger partial charge >= 0.3 is 0 Å². The lowest BCUT2D eigenvalue weighted by atomic mass is 11.9. The van der Waals surface area contributed by atoms with Gasteiger partial charge < -0.3 is 18.9 Å². The van der Waals surface area contributed by atoms with Crippen molar-refractivity contribution in [2.45, 2.75) is 0 Å². The maximum Gasteiger partial charge on any atom is 0.0289 e. The first kappa shape index (κ1) is 9.38. The fourth-order valence-electron chi connectivity index (χ4n) is 0.467. The SMILES string of the molecule is CP(=O)([O-])CP(C)(=O)[O-]. The van der Waals surface area contributed by atoms with Crippen molar-refractivity contribution in [3.8, 4) is 0 Å². The van der Waals surface area contributed by atoms with Gasteiger partial charge in [0.1, 0.15) is 0 Å². The lowest BCUT2D eigenvalue weighted by molar-refractivity contribution is -0.180. The van der Waals surface area contributed by atoms with Crippen LogP contribution in [0.2, 0.25) is 0 Å². The van der Waals surface area contributed by atoms with Gasteiger partial charge in [0.2, 0.25) is 0 Å². The third kappa shape index (κ3) is 8.38. The summed E-state index contributed by atoms with van der Waals surface area (Å²) in [6, 6.07) is 0. The molecule has 0 aliphatic carbocycles. The Kier molecular flexibility index (Phi) is 2.66. The summed E-state index contributed by atoms with van der Waals surface area (Å²) in [5.74, 6) is -0.708. The molecule has 0 fully saturated rings. The Morgan fingerprint density at radius 2 is 1.33 bits per heavy atom. The molecule has 0 radical (unpaired) electrons. The lowest BCUT2D eigenvalue weighted by Gasteiger charge is -2.25. The zero-order chi connectivity index (χ0) is 7.71. The van der Waals surface area contributed by atoms with Crippen molar-refractivity contribution in [2.75, 3.05) is 19.2 Å². The molecule has 4 nitrogen and oxygen atoms in total. The Morgan fingerprint density at radius 3 is 1.33 bits per heavy atom. The van der Waals surface area contributed by atoms with Crippen LogP contribution in [0.1, 0.15) is 0 Å². The molecule has 0 bridgehead atoms. The monoisotopic (exact) mass is 170 g/mol. The minimum Gasteiger partial charge on any atom is -0.799 e. The van der Waals surface area contributed by atoms with Crippen LogP contribution in [-0.2, 0) is 9.13 Å². The highest BCUT2D eigenvalue weighted by atomic mass is 31.2. The molecule has 0 N–H and O–H groups in total. The van der Waals surface area contributed by atoms with E-state index in [-0.39, 0.29) is 0 Å². The van der Waals surface area contributed by atoms with Crippen LogP contribution >= 0.6 is 14.7 Å². The van der Waals surface area contributed by atoms with E-state index in [1.54, 1.807) is 0 Å². The first-order valence-corrected chi connectivity index (χ1v) is 6.77. The number of rotatable bonds is 2. The lowest BCUT2D eigenvalue weighted by Crippen LogP contribution is -2.09. The molecule has 0 aromatic carbocycles. The van der Waals surface area contributed by atoms with E-state index in [0.29, 0.717) is 0 Å². The predicted molar refractivity (Wildman–Crippen MR) is 31.9 cm³/mol. The van der Waals surface area contributed by atoms with E-state index in [4.69, 9.17) is 0 Å². The van der Waals surface area contributed by atoms with Crippen LogP contribution in [0.25, 0.3) is 0 Å². The smallest absolute Gasteiger partial charge is 0.0289 e. The van der Waals surface area contributed by atoms with Crippen LogP contribution in [0.3, 0.4) is 0 Å². The average Bonchev–Trinajstić information content (AvgIpc) is 1.14. The number of hydrogen-bond donors (Lipinski definition) is 0. The fourth-order valence-corrected chi connectivity index (χ4v) is 4.20. The quantitative estimate of drug-likeness (QED) is 0.522. The minimum atomic E-state index is -3.61. The Labute approximate surface area is 53.8 Å². The second-order valence-electron chi connectivity index (χ2n) is 2.17. The van der Waals surface area contributed by atoms with Crippen LogP contribution < -0.4 is 9.79 Å². The second-order valence-corrected chi connectivity index (χ2v) is 7.36. The summed E-state index contributed by atoms with van der Waals surface area (Å²) in [5.41, 5.74) is 0. The third-order valence-corrected chi connectivity index (χ3v) is 4.62. The molecule has 0 heterocycles. The normalized spacial score (nSPS) is 24.4. The average molecular weight is 170 g/mol. The molecule has 0 saturated heterocycles. The molecule has 0 amide bonds. The van der Waals surface area contributed by atoms with Crippen LogP contribution in [-0.4, -0.2) is 19.2 Å². The van der Waals surface area contributed by atoms with Gasteiger partial charge in [0, 0.05) is 20.6 Å². The molecular weight excluding hydrogens is 162 g/mol. The van der Waals surface area contributed by atoms with E-state index in [1.165, 1.54) is 0 Å². The van der Waals surface area contributed by atoms with E-state index in [2.05, 4.69) is 0 Å². The van der Waals surface area contributed by atoms with Crippen molar-refractivity contribution in [3.05, 3.63) is 0 Å². The van der Waals surface area contributed by atoms with Crippen LogP contribution in [0.5, 0.6) is 0 Å². The van der Waals surface area contributed by atoms with Crippen LogP contribution in [0.15, 0.2) is 0 Å². The fraction of sp³-hybridized carbons (Fsp3) is 1.00. The van der Waals surface area contributed by atoms with Crippen LogP contribution in [0.4, 0.5) is 0 Å². The van der Waals surface area contributed by atoms with Crippen molar-refractivity contribution < 1.29 is 18.9 Å². The largest absolute Gasteiger partial charge is 0.799 e. The highest BCUT2D eigenvalue weighted by Crippen LogP contribution is 2.46. The summed E-state index contributed by atoms with van der Waals surface area (Å²) < 4.78 is 20.6. The molecule has 0 saturated carbocycles. The Hall–Kier alpha value is 0.380. The highest BCUT2D eigenvalue weighted by molar-refractivity contribution is 7.73. The van der Waals surface area contributed by atoms with Gasteiger partial charge in [0.05, 0.1) is 0 Å². The molecule has 0 aliphatic heterocycles. The topological polar surface area (TPSA) is 80.3 Å². The first-order valence-electron chi connectivity index (χ1n) is 2.26. The van der Waals surface area contributed by atoms with E-state index in [1.807, 2.05) is 0 Å². The molecule has 9 heavy (non-hydrogen) atoms. The van der Waals surface area contributed by atoms with Crippen LogP contribution in [0, 0.1) is 0 Å². The standard InChI is InChI=1S/C3H10O4P2/c1-8(4,5)3-9(2,6)7/h3H2,1-2H3,(H,4,5)(H,6,7)/p-2. The molecule has 0 spiro atoms. The van der Waals surface area contributed by atoms with Crippen molar-refractivity contribution in [1.82, 2.24) is 0 Å².